The topological polar surface area (TPSA) is 107 Å². The molecule has 0 unspecified atom stereocenters. The van der Waals surface area contributed by atoms with Gasteiger partial charge in [0.1, 0.15) is 11.8 Å². The molecule has 4 heterocycles. The summed E-state index contributed by atoms with van der Waals surface area (Å²) in [6, 6.07) is 6.11. The number of aromatic nitrogens is 5. The molecule has 4 aromatic rings. The molecule has 1 saturated carbocycles. The maximum absolute atomic E-state index is 13.3. The van der Waals surface area contributed by atoms with Gasteiger partial charge in [0.2, 0.25) is 0 Å². The molecule has 1 aliphatic carbocycles. The summed E-state index contributed by atoms with van der Waals surface area (Å²) in [4.78, 5) is 30.9. The van der Waals surface area contributed by atoms with Crippen LogP contribution in [0.4, 0.5) is 11.4 Å². The Balaban J connectivity index is 1.35. The summed E-state index contributed by atoms with van der Waals surface area (Å²) in [5.74, 6) is -0.0903. The molecule has 0 spiro atoms. The van der Waals surface area contributed by atoms with E-state index in [-0.39, 0.29) is 17.9 Å². The van der Waals surface area contributed by atoms with Crippen molar-refractivity contribution in [1.29, 1.82) is 0 Å². The molecule has 1 N–H and O–H groups in total. The van der Waals surface area contributed by atoms with E-state index in [4.69, 9.17) is 9.84 Å². The van der Waals surface area contributed by atoms with Gasteiger partial charge >= 0.3 is 0 Å². The van der Waals surface area contributed by atoms with E-state index in [9.17, 15) is 9.59 Å². The largest absolute Gasteiger partial charge is 0.378 e. The standard InChI is InChI=1S/C25H27N7O3/c33-16-17-2-4-19(5-3-17)32-15-18-12-22(23(13-21(18)29-32)30-8-10-35-11-9-30)28-25(34)20-14-27-31-7-1-6-26-24(20)31/h1,6-7,12-17,19H,2-5,8-11H2,(H,28,34)/t17-,19-. The lowest BCUT2D eigenvalue weighted by molar-refractivity contribution is -0.112. The van der Waals surface area contributed by atoms with Gasteiger partial charge in [0.05, 0.1) is 42.3 Å². The first-order chi connectivity index (χ1) is 17.2. The Morgan fingerprint density at radius 2 is 1.97 bits per heavy atom. The summed E-state index contributed by atoms with van der Waals surface area (Å²) in [6.45, 7) is 2.75. The molecular formula is C25H27N7O3. The third-order valence-corrected chi connectivity index (χ3v) is 7.07. The number of nitrogens with one attached hydrogen (secondary N) is 1. The Labute approximate surface area is 201 Å². The second-order valence-electron chi connectivity index (χ2n) is 9.24. The Hall–Kier alpha value is -3.79. The number of hydrogen-bond acceptors (Lipinski definition) is 7. The van der Waals surface area contributed by atoms with Gasteiger partial charge in [-0.15, -0.1) is 0 Å². The molecular weight excluding hydrogens is 446 g/mol. The second-order valence-corrected chi connectivity index (χ2v) is 9.24. The van der Waals surface area contributed by atoms with Crippen molar-refractivity contribution >= 4 is 40.1 Å². The smallest absolute Gasteiger partial charge is 0.261 e. The Morgan fingerprint density at radius 3 is 2.77 bits per heavy atom. The van der Waals surface area contributed by atoms with Crippen LogP contribution in [-0.4, -0.2) is 62.9 Å². The zero-order valence-corrected chi connectivity index (χ0v) is 19.3. The fraction of sp³-hybridized carbons (Fsp3) is 0.400. The molecule has 6 rings (SSSR count). The molecule has 10 heteroatoms. The summed E-state index contributed by atoms with van der Waals surface area (Å²) in [5.41, 5.74) is 3.47. The number of carbonyl (C=O) groups is 2. The molecule has 2 fully saturated rings. The molecule has 10 nitrogen and oxygen atoms in total. The predicted molar refractivity (Wildman–Crippen MR) is 131 cm³/mol. The number of carbonyl (C=O) groups excluding carboxylic acids is 2. The number of morpholine rings is 1. The predicted octanol–water partition coefficient (Wildman–Crippen LogP) is 3.10. The number of benzene rings is 1. The number of aldehydes is 1. The summed E-state index contributed by atoms with van der Waals surface area (Å²) in [5, 5.41) is 13.2. The number of nitrogens with zero attached hydrogens (tertiary/aromatic N) is 6. The number of ether oxygens (including phenoxy) is 1. The molecule has 0 radical (unpaired) electrons. The van der Waals surface area contributed by atoms with Gasteiger partial charge in [0, 0.05) is 43.0 Å². The maximum Gasteiger partial charge on any atom is 0.261 e. The van der Waals surface area contributed by atoms with Crippen molar-refractivity contribution in [2.24, 2.45) is 5.92 Å². The van der Waals surface area contributed by atoms with Crippen molar-refractivity contribution in [3.8, 4) is 0 Å². The van der Waals surface area contributed by atoms with E-state index >= 15 is 0 Å². The molecule has 2 aliphatic rings. The van der Waals surface area contributed by atoms with Crippen LogP contribution in [0.3, 0.4) is 0 Å². The van der Waals surface area contributed by atoms with Gasteiger partial charge in [-0.05, 0) is 43.9 Å². The van der Waals surface area contributed by atoms with Crippen LogP contribution in [0.5, 0.6) is 0 Å². The van der Waals surface area contributed by atoms with E-state index in [0.29, 0.717) is 24.4 Å². The van der Waals surface area contributed by atoms with Crippen LogP contribution in [0, 0.1) is 5.92 Å². The van der Waals surface area contributed by atoms with Crippen LogP contribution in [0.15, 0.2) is 43.0 Å². The van der Waals surface area contributed by atoms with Gasteiger partial charge in [0.25, 0.3) is 5.91 Å². The van der Waals surface area contributed by atoms with Crippen molar-refractivity contribution in [2.45, 2.75) is 31.7 Å². The highest BCUT2D eigenvalue weighted by atomic mass is 16.5. The third kappa shape index (κ3) is 4.14. The average molecular weight is 474 g/mol. The Morgan fingerprint density at radius 1 is 1.14 bits per heavy atom. The monoisotopic (exact) mass is 473 g/mol. The van der Waals surface area contributed by atoms with E-state index in [2.05, 4.69) is 32.6 Å². The molecule has 3 aromatic heterocycles. The molecule has 1 amide bonds. The Bertz CT molecular complexity index is 1380. The lowest BCUT2D eigenvalue weighted by atomic mass is 9.87. The summed E-state index contributed by atoms with van der Waals surface area (Å²) < 4.78 is 9.17. The van der Waals surface area contributed by atoms with Crippen molar-refractivity contribution in [3.05, 3.63) is 48.5 Å². The van der Waals surface area contributed by atoms with Gasteiger partial charge < -0.3 is 19.7 Å². The highest BCUT2D eigenvalue weighted by Gasteiger charge is 2.24. The minimum absolute atomic E-state index is 0.167. The zero-order valence-electron chi connectivity index (χ0n) is 19.3. The van der Waals surface area contributed by atoms with Crippen molar-refractivity contribution in [3.63, 3.8) is 0 Å². The summed E-state index contributed by atoms with van der Waals surface area (Å²) >= 11 is 0. The molecule has 0 bridgehead atoms. The van der Waals surface area contributed by atoms with Gasteiger partial charge in [0.15, 0.2) is 5.65 Å². The van der Waals surface area contributed by atoms with E-state index in [1.165, 1.54) is 6.20 Å². The number of amides is 1. The maximum atomic E-state index is 13.3. The highest BCUT2D eigenvalue weighted by Crippen LogP contribution is 2.35. The molecule has 35 heavy (non-hydrogen) atoms. The van der Waals surface area contributed by atoms with E-state index in [1.54, 1.807) is 23.0 Å². The fourth-order valence-corrected chi connectivity index (χ4v) is 5.11. The van der Waals surface area contributed by atoms with E-state index < -0.39 is 0 Å². The van der Waals surface area contributed by atoms with Crippen LogP contribution >= 0.6 is 0 Å². The molecule has 1 aliphatic heterocycles. The molecule has 0 atom stereocenters. The number of fused-ring (bicyclic) bond motifs is 2. The van der Waals surface area contributed by atoms with Gasteiger partial charge in [-0.1, -0.05) is 0 Å². The van der Waals surface area contributed by atoms with Crippen molar-refractivity contribution < 1.29 is 14.3 Å². The minimum atomic E-state index is -0.257. The Kier molecular flexibility index (Phi) is 5.65. The van der Waals surface area contributed by atoms with Gasteiger partial charge in [-0.3, -0.25) is 9.48 Å². The van der Waals surface area contributed by atoms with E-state index in [1.807, 2.05) is 10.7 Å². The lowest BCUT2D eigenvalue weighted by Gasteiger charge is -2.30. The first-order valence-corrected chi connectivity index (χ1v) is 12.1. The number of hydrogen-bond donors (Lipinski definition) is 1. The minimum Gasteiger partial charge on any atom is -0.378 e. The van der Waals surface area contributed by atoms with Crippen molar-refractivity contribution in [1.82, 2.24) is 24.4 Å². The van der Waals surface area contributed by atoms with Crippen LogP contribution < -0.4 is 10.2 Å². The zero-order chi connectivity index (χ0) is 23.8. The van der Waals surface area contributed by atoms with E-state index in [0.717, 1.165) is 67.3 Å². The number of rotatable bonds is 5. The normalized spacial score (nSPS) is 20.9. The van der Waals surface area contributed by atoms with Crippen LogP contribution in [0.1, 0.15) is 42.1 Å². The molecule has 180 valence electrons. The first-order valence-electron chi connectivity index (χ1n) is 12.1. The molecule has 1 saturated heterocycles. The lowest BCUT2D eigenvalue weighted by Crippen LogP contribution is -2.36. The van der Waals surface area contributed by atoms with Crippen LogP contribution in [0.25, 0.3) is 16.6 Å². The van der Waals surface area contributed by atoms with Crippen molar-refractivity contribution in [2.75, 3.05) is 36.5 Å². The number of anilines is 2. The quantitative estimate of drug-likeness (QED) is 0.444. The average Bonchev–Trinajstić information content (AvgIpc) is 3.53. The third-order valence-electron chi connectivity index (χ3n) is 7.07. The van der Waals surface area contributed by atoms with Crippen LogP contribution in [0.2, 0.25) is 0 Å². The summed E-state index contributed by atoms with van der Waals surface area (Å²) in [6.07, 6.45) is 11.8. The van der Waals surface area contributed by atoms with Gasteiger partial charge in [-0.2, -0.15) is 10.2 Å². The van der Waals surface area contributed by atoms with Gasteiger partial charge in [-0.25, -0.2) is 9.50 Å². The second kappa shape index (κ2) is 9.10. The van der Waals surface area contributed by atoms with Crippen LogP contribution in [-0.2, 0) is 9.53 Å². The SMILES string of the molecule is O=C[C@H]1CC[C@H](n2cc3cc(NC(=O)c4cnn5cccnc45)c(N4CCOCC4)cc3n2)CC1. The first kappa shape index (κ1) is 21.7. The highest BCUT2D eigenvalue weighted by molar-refractivity contribution is 6.10. The molecule has 1 aromatic carbocycles. The fourth-order valence-electron chi connectivity index (χ4n) is 5.11. The summed E-state index contributed by atoms with van der Waals surface area (Å²) in [7, 11) is 0.